The van der Waals surface area contributed by atoms with Gasteiger partial charge in [0.2, 0.25) is 0 Å². The second-order valence-corrected chi connectivity index (χ2v) is 4.97. The van der Waals surface area contributed by atoms with Gasteiger partial charge in [0, 0.05) is 11.3 Å². The molecule has 0 unspecified atom stereocenters. The van der Waals surface area contributed by atoms with Crippen molar-refractivity contribution < 1.29 is 4.39 Å². The lowest BCUT2D eigenvalue weighted by molar-refractivity contribution is 0.614. The molecule has 0 aliphatic carbocycles. The molecular weight excluding hydrogens is 327 g/mol. The van der Waals surface area contributed by atoms with E-state index in [1.165, 1.54) is 17.4 Å². The van der Waals surface area contributed by atoms with Gasteiger partial charge >= 0.3 is 0 Å². The van der Waals surface area contributed by atoms with E-state index < -0.39 is 0 Å². The fraction of sp³-hybridized carbons (Fsp3) is 0.182. The minimum atomic E-state index is -0.365. The molecule has 2 N–H and O–H groups in total. The highest BCUT2D eigenvalue weighted by Crippen LogP contribution is 2.26. The van der Waals surface area contributed by atoms with Gasteiger partial charge in [-0.1, -0.05) is 23.7 Å². The summed E-state index contributed by atoms with van der Waals surface area (Å²) in [6.07, 6.45) is 0.479. The summed E-state index contributed by atoms with van der Waals surface area (Å²) in [6.45, 7) is 1.87. The molecule has 1 heterocycles. The van der Waals surface area contributed by atoms with Crippen molar-refractivity contribution in [1.29, 1.82) is 0 Å². The van der Waals surface area contributed by atoms with Gasteiger partial charge in [0.25, 0.3) is 0 Å². The maximum atomic E-state index is 13.6. The molecule has 0 amide bonds. The van der Waals surface area contributed by atoms with Crippen molar-refractivity contribution in [1.82, 2.24) is 4.98 Å². The number of benzene rings is 1. The van der Waals surface area contributed by atoms with E-state index in [0.29, 0.717) is 17.1 Å². The Morgan fingerprint density at radius 3 is 2.76 bits per heavy atom. The summed E-state index contributed by atoms with van der Waals surface area (Å²) in [5, 5.41) is 0.655. The minimum absolute atomic E-state index is 0. The fourth-order valence-corrected chi connectivity index (χ4v) is 2.52. The van der Waals surface area contributed by atoms with Gasteiger partial charge in [-0.05, 0) is 18.6 Å². The molecule has 0 saturated heterocycles. The number of aryl methyl sites for hydroxylation is 1. The molecule has 0 aliphatic heterocycles. The first-order valence-electron chi connectivity index (χ1n) is 4.72. The third-order valence-electron chi connectivity index (χ3n) is 2.29. The Balaban J connectivity index is 0.00000144. The summed E-state index contributed by atoms with van der Waals surface area (Å²) >= 11 is 7.09. The number of nitrogen functional groups attached to an aromatic ring is 1. The molecule has 2 nitrogen and oxygen atoms in total. The van der Waals surface area contributed by atoms with Crippen LogP contribution >= 0.6 is 39.9 Å². The van der Waals surface area contributed by atoms with E-state index in [4.69, 9.17) is 17.3 Å². The Kier molecular flexibility index (Phi) is 4.91. The number of hydrogen-bond donors (Lipinski definition) is 1. The van der Waals surface area contributed by atoms with Gasteiger partial charge in [0.05, 0.1) is 10.7 Å². The maximum absolute atomic E-state index is 13.6. The first-order chi connectivity index (χ1) is 7.58. The van der Waals surface area contributed by atoms with Crippen LogP contribution in [-0.2, 0) is 6.42 Å². The van der Waals surface area contributed by atoms with Crippen molar-refractivity contribution in [2.45, 2.75) is 13.3 Å². The van der Waals surface area contributed by atoms with Crippen molar-refractivity contribution in [3.63, 3.8) is 0 Å². The topological polar surface area (TPSA) is 38.9 Å². The van der Waals surface area contributed by atoms with Gasteiger partial charge in [0.1, 0.15) is 5.82 Å². The fourth-order valence-electron chi connectivity index (χ4n) is 1.47. The van der Waals surface area contributed by atoms with Crippen LogP contribution in [0.5, 0.6) is 0 Å². The molecule has 1 aromatic carbocycles. The molecule has 1 aromatic heterocycles. The van der Waals surface area contributed by atoms with Crippen LogP contribution in [-0.4, -0.2) is 4.98 Å². The van der Waals surface area contributed by atoms with Crippen molar-refractivity contribution in [3.8, 4) is 0 Å². The van der Waals surface area contributed by atoms with Gasteiger partial charge in [0.15, 0.2) is 5.13 Å². The number of halogens is 3. The zero-order valence-corrected chi connectivity index (χ0v) is 12.3. The predicted molar refractivity (Wildman–Crippen MR) is 75.8 cm³/mol. The van der Waals surface area contributed by atoms with Crippen LogP contribution < -0.4 is 5.73 Å². The highest BCUT2D eigenvalue weighted by atomic mass is 79.9. The van der Waals surface area contributed by atoms with Crippen molar-refractivity contribution in [2.24, 2.45) is 0 Å². The third-order valence-corrected chi connectivity index (χ3v) is 3.57. The molecule has 0 bridgehead atoms. The van der Waals surface area contributed by atoms with E-state index >= 15 is 0 Å². The SMILES string of the molecule is Br.Cc1nc(N)sc1Cc1cccc(Cl)c1F. The number of thiazole rings is 1. The van der Waals surface area contributed by atoms with E-state index in [2.05, 4.69) is 4.98 Å². The summed E-state index contributed by atoms with van der Waals surface area (Å²) in [5.74, 6) is -0.365. The van der Waals surface area contributed by atoms with E-state index in [-0.39, 0.29) is 27.8 Å². The lowest BCUT2D eigenvalue weighted by atomic mass is 10.1. The number of hydrogen-bond acceptors (Lipinski definition) is 3. The quantitative estimate of drug-likeness (QED) is 0.899. The molecule has 92 valence electrons. The molecule has 0 atom stereocenters. The minimum Gasteiger partial charge on any atom is -0.375 e. The van der Waals surface area contributed by atoms with Gasteiger partial charge in [-0.15, -0.1) is 28.3 Å². The standard InChI is InChI=1S/C11H10ClFN2S.BrH/c1-6-9(16-11(14)15-6)5-7-3-2-4-8(12)10(7)13;/h2-4H,5H2,1H3,(H2,14,15);1H. The van der Waals surface area contributed by atoms with Crippen LogP contribution in [0.3, 0.4) is 0 Å². The average molecular weight is 338 g/mol. The number of rotatable bonds is 2. The second-order valence-electron chi connectivity index (χ2n) is 3.45. The normalized spacial score (nSPS) is 10.1. The maximum Gasteiger partial charge on any atom is 0.180 e. The third kappa shape index (κ3) is 3.18. The van der Waals surface area contributed by atoms with Crippen LogP contribution in [0.4, 0.5) is 9.52 Å². The summed E-state index contributed by atoms with van der Waals surface area (Å²) in [7, 11) is 0. The lowest BCUT2D eigenvalue weighted by Gasteiger charge is -2.03. The highest BCUT2D eigenvalue weighted by Gasteiger charge is 2.11. The van der Waals surface area contributed by atoms with E-state index in [1.807, 2.05) is 6.92 Å². The molecule has 0 spiro atoms. The Hall–Kier alpha value is -0.650. The lowest BCUT2D eigenvalue weighted by Crippen LogP contribution is -1.93. The Morgan fingerprint density at radius 1 is 1.47 bits per heavy atom. The molecule has 0 radical (unpaired) electrons. The van der Waals surface area contributed by atoms with Crippen molar-refractivity contribution in [2.75, 3.05) is 5.73 Å². The Morgan fingerprint density at radius 2 is 2.18 bits per heavy atom. The van der Waals surface area contributed by atoms with E-state index in [9.17, 15) is 4.39 Å². The average Bonchev–Trinajstić information content (AvgIpc) is 2.53. The molecule has 0 fully saturated rings. The van der Waals surface area contributed by atoms with Gasteiger partial charge < -0.3 is 5.73 Å². The monoisotopic (exact) mass is 336 g/mol. The first kappa shape index (κ1) is 14.4. The number of nitrogens with zero attached hydrogens (tertiary/aromatic N) is 1. The van der Waals surface area contributed by atoms with Crippen molar-refractivity contribution >= 4 is 45.1 Å². The summed E-state index contributed by atoms with van der Waals surface area (Å²) in [4.78, 5) is 5.07. The molecule has 17 heavy (non-hydrogen) atoms. The summed E-state index contributed by atoms with van der Waals surface area (Å²) < 4.78 is 13.6. The van der Waals surface area contributed by atoms with Crippen LogP contribution in [0.15, 0.2) is 18.2 Å². The molecule has 6 heteroatoms. The Labute approximate surface area is 118 Å². The van der Waals surface area contributed by atoms with Gasteiger partial charge in [-0.2, -0.15) is 0 Å². The molecular formula is C11H11BrClFN2S. The van der Waals surface area contributed by atoms with E-state index in [0.717, 1.165) is 10.6 Å². The van der Waals surface area contributed by atoms with Gasteiger partial charge in [-0.3, -0.25) is 0 Å². The smallest absolute Gasteiger partial charge is 0.180 e. The summed E-state index contributed by atoms with van der Waals surface area (Å²) in [6, 6.07) is 4.99. The zero-order valence-electron chi connectivity index (χ0n) is 9.04. The van der Waals surface area contributed by atoms with Gasteiger partial charge in [-0.25, -0.2) is 9.37 Å². The largest absolute Gasteiger partial charge is 0.375 e. The van der Waals surface area contributed by atoms with Crippen LogP contribution in [0.1, 0.15) is 16.1 Å². The highest BCUT2D eigenvalue weighted by molar-refractivity contribution is 8.93. The second kappa shape index (κ2) is 5.80. The molecule has 0 saturated carbocycles. The first-order valence-corrected chi connectivity index (χ1v) is 5.92. The van der Waals surface area contributed by atoms with Crippen LogP contribution in [0.2, 0.25) is 5.02 Å². The molecule has 2 aromatic rings. The number of aromatic nitrogens is 1. The van der Waals surface area contributed by atoms with Crippen LogP contribution in [0.25, 0.3) is 0 Å². The predicted octanol–water partition coefficient (Wildman–Crippen LogP) is 3.99. The zero-order chi connectivity index (χ0) is 11.7. The molecule has 0 aliphatic rings. The van der Waals surface area contributed by atoms with Crippen LogP contribution in [0, 0.1) is 12.7 Å². The summed E-state index contributed by atoms with van der Waals surface area (Å²) in [5.41, 5.74) is 7.01. The van der Waals surface area contributed by atoms with E-state index in [1.54, 1.807) is 12.1 Å². The number of nitrogens with two attached hydrogens (primary N) is 1. The van der Waals surface area contributed by atoms with Crippen molar-refractivity contribution in [3.05, 3.63) is 45.2 Å². The Bertz CT molecular complexity index is 530. The molecule has 2 rings (SSSR count). The number of anilines is 1.